The molecule has 0 bridgehead atoms. The zero-order valence-corrected chi connectivity index (χ0v) is 9.20. The van der Waals surface area contributed by atoms with Crippen molar-refractivity contribution in [3.05, 3.63) is 41.1 Å². The first-order chi connectivity index (χ1) is 7.07. The number of hydrogen-bond acceptors (Lipinski definition) is 3. The summed E-state index contributed by atoms with van der Waals surface area (Å²) in [5.74, 6) is -0.399. The van der Waals surface area contributed by atoms with Crippen LogP contribution in [0.3, 0.4) is 0 Å². The van der Waals surface area contributed by atoms with E-state index in [4.69, 9.17) is 10.5 Å². The molecule has 1 rings (SSSR count). The molecule has 15 heavy (non-hydrogen) atoms. The Morgan fingerprint density at radius 3 is 2.40 bits per heavy atom. The molecule has 3 heteroatoms. The topological polar surface area (TPSA) is 52.3 Å². The Hall–Kier alpha value is -1.77. The molecule has 0 radical (unpaired) electrons. The minimum Gasteiger partial charge on any atom is -0.465 e. The van der Waals surface area contributed by atoms with Gasteiger partial charge >= 0.3 is 5.97 Å². The van der Waals surface area contributed by atoms with Gasteiger partial charge in [-0.15, -0.1) is 0 Å². The van der Waals surface area contributed by atoms with Crippen LogP contribution in [-0.2, 0) is 9.53 Å². The van der Waals surface area contributed by atoms with Crippen LogP contribution in [0.5, 0.6) is 0 Å². The largest absolute Gasteiger partial charge is 0.465 e. The number of aryl methyl sites for hydroxylation is 1. The number of carbonyl (C=O) groups excluding carboxylic acids is 1. The van der Waals surface area contributed by atoms with Crippen molar-refractivity contribution in [1.82, 2.24) is 0 Å². The van der Waals surface area contributed by atoms with Crippen molar-refractivity contribution in [2.24, 2.45) is 5.73 Å². The van der Waals surface area contributed by atoms with Crippen LogP contribution in [0.1, 0.15) is 18.1 Å². The summed E-state index contributed by atoms with van der Waals surface area (Å²) >= 11 is 0. The predicted molar refractivity (Wildman–Crippen MR) is 60.0 cm³/mol. The van der Waals surface area contributed by atoms with E-state index in [1.165, 1.54) is 7.11 Å². The lowest BCUT2D eigenvalue weighted by Gasteiger charge is -2.10. The highest BCUT2D eigenvalue weighted by atomic mass is 16.5. The highest BCUT2D eigenvalue weighted by Crippen LogP contribution is 2.21. The second-order valence-electron chi connectivity index (χ2n) is 3.36. The number of nitrogens with two attached hydrogens (primary N) is 1. The lowest BCUT2D eigenvalue weighted by atomic mass is 9.99. The molecule has 0 aromatic heterocycles. The maximum absolute atomic E-state index is 11.5. The Morgan fingerprint density at radius 2 is 1.93 bits per heavy atom. The molecule has 0 aliphatic heterocycles. The number of ether oxygens (including phenoxy) is 1. The van der Waals surface area contributed by atoms with Gasteiger partial charge in [0.1, 0.15) is 0 Å². The summed E-state index contributed by atoms with van der Waals surface area (Å²) in [5, 5.41) is 0. The third-order valence-corrected chi connectivity index (χ3v) is 2.20. The summed E-state index contributed by atoms with van der Waals surface area (Å²) in [6.07, 6.45) is 0. The number of rotatable bonds is 2. The zero-order valence-electron chi connectivity index (χ0n) is 9.20. The predicted octanol–water partition coefficient (Wildman–Crippen LogP) is 1.86. The Labute approximate surface area is 89.5 Å². The Morgan fingerprint density at radius 1 is 1.33 bits per heavy atom. The van der Waals surface area contributed by atoms with Crippen molar-refractivity contribution in [2.45, 2.75) is 13.8 Å². The number of benzene rings is 1. The Bertz CT molecular complexity index is 404. The van der Waals surface area contributed by atoms with E-state index < -0.39 is 5.97 Å². The van der Waals surface area contributed by atoms with E-state index in [9.17, 15) is 4.79 Å². The van der Waals surface area contributed by atoms with Gasteiger partial charge in [-0.2, -0.15) is 0 Å². The lowest BCUT2D eigenvalue weighted by molar-refractivity contribution is -0.133. The van der Waals surface area contributed by atoms with Gasteiger partial charge < -0.3 is 10.5 Å². The monoisotopic (exact) mass is 205 g/mol. The van der Waals surface area contributed by atoms with Gasteiger partial charge in [0, 0.05) is 5.70 Å². The molecule has 0 unspecified atom stereocenters. The molecule has 0 atom stereocenters. The highest BCUT2D eigenvalue weighted by molar-refractivity contribution is 6.17. The van der Waals surface area contributed by atoms with Crippen LogP contribution in [0.25, 0.3) is 5.57 Å². The van der Waals surface area contributed by atoms with Crippen molar-refractivity contribution >= 4 is 11.5 Å². The minimum absolute atomic E-state index is 0.399. The van der Waals surface area contributed by atoms with Crippen LogP contribution in [-0.4, -0.2) is 13.1 Å². The van der Waals surface area contributed by atoms with Crippen LogP contribution in [0.2, 0.25) is 0 Å². The molecular weight excluding hydrogens is 190 g/mol. The molecule has 0 aliphatic carbocycles. The summed E-state index contributed by atoms with van der Waals surface area (Å²) in [7, 11) is 1.35. The molecule has 0 saturated carbocycles. The van der Waals surface area contributed by atoms with Gasteiger partial charge in [-0.25, -0.2) is 4.79 Å². The van der Waals surface area contributed by atoms with Crippen molar-refractivity contribution in [3.8, 4) is 0 Å². The van der Waals surface area contributed by atoms with Gasteiger partial charge in [0.05, 0.1) is 12.7 Å². The normalized spacial score (nSPS) is 11.9. The fourth-order valence-corrected chi connectivity index (χ4v) is 1.44. The van der Waals surface area contributed by atoms with Crippen LogP contribution < -0.4 is 5.73 Å². The van der Waals surface area contributed by atoms with Crippen molar-refractivity contribution in [2.75, 3.05) is 7.11 Å². The van der Waals surface area contributed by atoms with Crippen molar-refractivity contribution < 1.29 is 9.53 Å². The summed E-state index contributed by atoms with van der Waals surface area (Å²) in [6.45, 7) is 3.62. The summed E-state index contributed by atoms with van der Waals surface area (Å²) in [6, 6.07) is 7.58. The van der Waals surface area contributed by atoms with Gasteiger partial charge in [0.25, 0.3) is 0 Å². The van der Waals surface area contributed by atoms with Crippen LogP contribution in [0.4, 0.5) is 0 Å². The molecule has 1 aromatic carbocycles. The van der Waals surface area contributed by atoms with Crippen LogP contribution in [0.15, 0.2) is 30.0 Å². The second-order valence-corrected chi connectivity index (χ2v) is 3.36. The maximum atomic E-state index is 11.5. The molecule has 1 aromatic rings. The first kappa shape index (κ1) is 11.3. The average molecular weight is 205 g/mol. The Kier molecular flexibility index (Phi) is 3.50. The van der Waals surface area contributed by atoms with E-state index >= 15 is 0 Å². The van der Waals surface area contributed by atoms with Crippen LogP contribution >= 0.6 is 0 Å². The van der Waals surface area contributed by atoms with E-state index in [1.807, 2.05) is 31.2 Å². The number of esters is 1. The summed E-state index contributed by atoms with van der Waals surface area (Å²) in [5.41, 5.74) is 8.43. The van der Waals surface area contributed by atoms with E-state index in [-0.39, 0.29) is 0 Å². The highest BCUT2D eigenvalue weighted by Gasteiger charge is 2.15. The molecule has 0 aliphatic rings. The fraction of sp³-hybridized carbons (Fsp3) is 0.250. The molecule has 0 fully saturated rings. The molecule has 3 nitrogen and oxygen atoms in total. The van der Waals surface area contributed by atoms with E-state index in [1.54, 1.807) is 6.92 Å². The third-order valence-electron chi connectivity index (χ3n) is 2.20. The van der Waals surface area contributed by atoms with Crippen molar-refractivity contribution in [3.63, 3.8) is 0 Å². The van der Waals surface area contributed by atoms with Crippen LogP contribution in [0, 0.1) is 6.92 Å². The average Bonchev–Trinajstić information content (AvgIpc) is 2.20. The fourth-order valence-electron chi connectivity index (χ4n) is 1.44. The summed E-state index contributed by atoms with van der Waals surface area (Å²) < 4.78 is 4.71. The summed E-state index contributed by atoms with van der Waals surface area (Å²) in [4.78, 5) is 11.5. The SMILES string of the molecule is COC(=O)C(=C(C)N)c1ccccc1C. The van der Waals surface area contributed by atoms with Gasteiger partial charge in [-0.3, -0.25) is 0 Å². The molecular formula is C12H15NO2. The van der Waals surface area contributed by atoms with Gasteiger partial charge in [-0.1, -0.05) is 24.3 Å². The van der Waals surface area contributed by atoms with E-state index in [0.717, 1.165) is 11.1 Å². The standard InChI is InChI=1S/C12H15NO2/c1-8-6-4-5-7-10(8)11(9(2)13)12(14)15-3/h4-7H,13H2,1-3H3. The van der Waals surface area contributed by atoms with E-state index in [0.29, 0.717) is 11.3 Å². The minimum atomic E-state index is -0.399. The lowest BCUT2D eigenvalue weighted by Crippen LogP contribution is -2.10. The third kappa shape index (κ3) is 2.37. The number of carbonyl (C=O) groups is 1. The van der Waals surface area contributed by atoms with Gasteiger partial charge in [-0.05, 0) is 25.0 Å². The molecule has 2 N–H and O–H groups in total. The Balaban J connectivity index is 3.30. The van der Waals surface area contributed by atoms with Gasteiger partial charge in [0.15, 0.2) is 0 Å². The van der Waals surface area contributed by atoms with Gasteiger partial charge in [0.2, 0.25) is 0 Å². The molecule has 0 amide bonds. The second kappa shape index (κ2) is 4.64. The maximum Gasteiger partial charge on any atom is 0.340 e. The first-order valence-electron chi connectivity index (χ1n) is 4.68. The smallest absolute Gasteiger partial charge is 0.340 e. The molecule has 0 heterocycles. The zero-order chi connectivity index (χ0) is 11.4. The molecule has 0 saturated heterocycles. The molecule has 0 spiro atoms. The van der Waals surface area contributed by atoms with Crippen molar-refractivity contribution in [1.29, 1.82) is 0 Å². The first-order valence-corrected chi connectivity index (χ1v) is 4.68. The molecule has 80 valence electrons. The quantitative estimate of drug-likeness (QED) is 0.592. The number of methoxy groups -OCH3 is 1. The number of hydrogen-bond donors (Lipinski definition) is 1. The number of allylic oxidation sites excluding steroid dienone is 1. The van der Waals surface area contributed by atoms with E-state index in [2.05, 4.69) is 0 Å².